The number of anilines is 1. The third kappa shape index (κ3) is 2.98. The fourth-order valence-corrected chi connectivity index (χ4v) is 2.86. The van der Waals surface area contributed by atoms with Crippen LogP contribution in [0.3, 0.4) is 0 Å². The molecule has 1 aliphatic rings. The molecule has 0 saturated carbocycles. The SMILES string of the molecule is CCC(Nc1ccc(F)cc1Cl)c1ccc2c(c1)CCO2. The van der Waals surface area contributed by atoms with Gasteiger partial charge >= 0.3 is 0 Å². The summed E-state index contributed by atoms with van der Waals surface area (Å²) in [6.07, 6.45) is 1.87. The van der Waals surface area contributed by atoms with Gasteiger partial charge in [0.05, 0.1) is 23.4 Å². The van der Waals surface area contributed by atoms with Crippen molar-refractivity contribution in [2.45, 2.75) is 25.8 Å². The number of nitrogens with one attached hydrogen (secondary N) is 1. The highest BCUT2D eigenvalue weighted by atomic mass is 35.5. The van der Waals surface area contributed by atoms with Crippen LogP contribution in [0.15, 0.2) is 36.4 Å². The van der Waals surface area contributed by atoms with Gasteiger partial charge in [-0.25, -0.2) is 4.39 Å². The fraction of sp³-hybridized carbons (Fsp3) is 0.294. The molecule has 0 radical (unpaired) electrons. The Labute approximate surface area is 128 Å². The Bertz CT molecular complexity index is 659. The monoisotopic (exact) mass is 305 g/mol. The largest absolute Gasteiger partial charge is 0.493 e. The van der Waals surface area contributed by atoms with E-state index in [1.165, 1.54) is 23.3 Å². The van der Waals surface area contributed by atoms with Crippen molar-refractivity contribution in [3.8, 4) is 5.75 Å². The van der Waals surface area contributed by atoms with E-state index in [1.54, 1.807) is 6.07 Å². The lowest BCUT2D eigenvalue weighted by Gasteiger charge is -2.20. The van der Waals surface area contributed by atoms with E-state index in [0.29, 0.717) is 5.02 Å². The summed E-state index contributed by atoms with van der Waals surface area (Å²) in [6.45, 7) is 2.87. The molecule has 110 valence electrons. The summed E-state index contributed by atoms with van der Waals surface area (Å²) < 4.78 is 18.6. The highest BCUT2D eigenvalue weighted by Crippen LogP contribution is 2.32. The molecular weight excluding hydrogens is 289 g/mol. The molecule has 2 aromatic carbocycles. The van der Waals surface area contributed by atoms with Crippen LogP contribution in [0.1, 0.15) is 30.5 Å². The summed E-state index contributed by atoms with van der Waals surface area (Å²) >= 11 is 6.09. The molecule has 4 heteroatoms. The van der Waals surface area contributed by atoms with Gasteiger partial charge in [-0.1, -0.05) is 24.6 Å². The second-order valence-electron chi connectivity index (χ2n) is 5.19. The maximum atomic E-state index is 13.1. The summed E-state index contributed by atoms with van der Waals surface area (Å²) in [7, 11) is 0. The smallest absolute Gasteiger partial charge is 0.124 e. The molecular formula is C17H17ClFNO. The molecule has 1 unspecified atom stereocenters. The van der Waals surface area contributed by atoms with E-state index < -0.39 is 0 Å². The Morgan fingerprint density at radius 3 is 2.90 bits per heavy atom. The molecule has 0 amide bonds. The highest BCUT2D eigenvalue weighted by Gasteiger charge is 2.16. The molecule has 0 fully saturated rings. The minimum atomic E-state index is -0.326. The molecule has 0 spiro atoms. The van der Waals surface area contributed by atoms with Crippen LogP contribution in [-0.2, 0) is 6.42 Å². The van der Waals surface area contributed by atoms with E-state index in [4.69, 9.17) is 16.3 Å². The van der Waals surface area contributed by atoms with Gasteiger partial charge in [0.1, 0.15) is 11.6 Å². The zero-order valence-corrected chi connectivity index (χ0v) is 12.6. The molecule has 1 aliphatic heterocycles. The molecule has 3 rings (SSSR count). The molecule has 2 aromatic rings. The first kappa shape index (κ1) is 14.2. The second-order valence-corrected chi connectivity index (χ2v) is 5.60. The van der Waals surface area contributed by atoms with Crippen molar-refractivity contribution in [1.29, 1.82) is 0 Å². The minimum absolute atomic E-state index is 0.138. The maximum absolute atomic E-state index is 13.1. The maximum Gasteiger partial charge on any atom is 0.124 e. The third-order valence-corrected chi connectivity index (χ3v) is 4.10. The average molecular weight is 306 g/mol. The molecule has 1 atom stereocenters. The summed E-state index contributed by atoms with van der Waals surface area (Å²) in [5.74, 6) is 0.654. The van der Waals surface area contributed by atoms with Gasteiger partial charge in [0.15, 0.2) is 0 Å². The Morgan fingerprint density at radius 2 is 2.14 bits per heavy atom. The van der Waals surface area contributed by atoms with Crippen molar-refractivity contribution >= 4 is 17.3 Å². The normalized spacial score (nSPS) is 14.4. The number of benzene rings is 2. The lowest BCUT2D eigenvalue weighted by Crippen LogP contribution is -2.10. The van der Waals surface area contributed by atoms with Crippen LogP contribution in [-0.4, -0.2) is 6.61 Å². The summed E-state index contributed by atoms with van der Waals surface area (Å²) in [5, 5.41) is 3.79. The number of ether oxygens (including phenoxy) is 1. The first-order valence-corrected chi connectivity index (χ1v) is 7.52. The van der Waals surface area contributed by atoms with E-state index in [0.717, 1.165) is 30.9 Å². The number of hydrogen-bond donors (Lipinski definition) is 1. The van der Waals surface area contributed by atoms with E-state index in [-0.39, 0.29) is 11.9 Å². The van der Waals surface area contributed by atoms with Crippen LogP contribution in [0.4, 0.5) is 10.1 Å². The van der Waals surface area contributed by atoms with Crippen molar-refractivity contribution in [1.82, 2.24) is 0 Å². The van der Waals surface area contributed by atoms with E-state index in [1.807, 2.05) is 6.07 Å². The zero-order valence-electron chi connectivity index (χ0n) is 11.8. The van der Waals surface area contributed by atoms with Gasteiger partial charge in [-0.3, -0.25) is 0 Å². The van der Waals surface area contributed by atoms with E-state index >= 15 is 0 Å². The van der Waals surface area contributed by atoms with Gasteiger partial charge in [0, 0.05) is 6.42 Å². The minimum Gasteiger partial charge on any atom is -0.493 e. The van der Waals surface area contributed by atoms with Crippen molar-refractivity contribution in [2.24, 2.45) is 0 Å². The van der Waals surface area contributed by atoms with Crippen LogP contribution in [0.2, 0.25) is 5.02 Å². The lowest BCUT2D eigenvalue weighted by molar-refractivity contribution is 0.357. The average Bonchev–Trinajstić information content (AvgIpc) is 2.94. The van der Waals surface area contributed by atoms with Crippen molar-refractivity contribution < 1.29 is 9.13 Å². The summed E-state index contributed by atoms with van der Waals surface area (Å²) in [6, 6.07) is 10.8. The quantitative estimate of drug-likeness (QED) is 0.860. The Hall–Kier alpha value is -1.74. The summed E-state index contributed by atoms with van der Waals surface area (Å²) in [5.41, 5.74) is 3.20. The fourth-order valence-electron chi connectivity index (χ4n) is 2.64. The van der Waals surface area contributed by atoms with Crippen LogP contribution in [0, 0.1) is 5.82 Å². The van der Waals surface area contributed by atoms with Crippen LogP contribution in [0.25, 0.3) is 0 Å². The van der Waals surface area contributed by atoms with E-state index in [2.05, 4.69) is 24.4 Å². The Balaban J connectivity index is 1.85. The van der Waals surface area contributed by atoms with E-state index in [9.17, 15) is 4.39 Å². The standard InChI is InChI=1S/C17H17ClFNO/c1-2-15(20-16-5-4-13(19)10-14(16)18)11-3-6-17-12(9-11)7-8-21-17/h3-6,9-10,15,20H,2,7-8H2,1H3. The second kappa shape index (κ2) is 5.94. The van der Waals surface area contributed by atoms with Crippen molar-refractivity contribution in [2.75, 3.05) is 11.9 Å². The zero-order chi connectivity index (χ0) is 14.8. The molecule has 0 aliphatic carbocycles. The van der Waals surface area contributed by atoms with Crippen LogP contribution < -0.4 is 10.1 Å². The third-order valence-electron chi connectivity index (χ3n) is 3.78. The number of halogens is 2. The van der Waals surface area contributed by atoms with Crippen molar-refractivity contribution in [3.63, 3.8) is 0 Å². The molecule has 0 aromatic heterocycles. The van der Waals surface area contributed by atoms with Crippen molar-refractivity contribution in [3.05, 3.63) is 58.4 Å². The Kier molecular flexibility index (Phi) is 4.02. The topological polar surface area (TPSA) is 21.3 Å². The van der Waals surface area contributed by atoms with Gasteiger partial charge in [-0.2, -0.15) is 0 Å². The lowest BCUT2D eigenvalue weighted by atomic mass is 10.0. The molecule has 1 N–H and O–H groups in total. The van der Waals surface area contributed by atoms with Gasteiger partial charge in [0.25, 0.3) is 0 Å². The molecule has 0 saturated heterocycles. The predicted molar refractivity (Wildman–Crippen MR) is 83.7 cm³/mol. The van der Waals surface area contributed by atoms with Gasteiger partial charge in [0.2, 0.25) is 0 Å². The van der Waals surface area contributed by atoms with Crippen LogP contribution in [0.5, 0.6) is 5.75 Å². The number of hydrogen-bond acceptors (Lipinski definition) is 2. The van der Waals surface area contributed by atoms with Crippen LogP contribution >= 0.6 is 11.6 Å². The van der Waals surface area contributed by atoms with Gasteiger partial charge in [-0.15, -0.1) is 0 Å². The Morgan fingerprint density at radius 1 is 1.29 bits per heavy atom. The molecule has 0 bridgehead atoms. The van der Waals surface area contributed by atoms with Gasteiger partial charge < -0.3 is 10.1 Å². The first-order valence-electron chi connectivity index (χ1n) is 7.14. The molecule has 1 heterocycles. The molecule has 21 heavy (non-hydrogen) atoms. The predicted octanol–water partition coefficient (Wildman–Crippen LogP) is 4.98. The number of rotatable bonds is 4. The highest BCUT2D eigenvalue weighted by molar-refractivity contribution is 6.33. The molecule has 2 nitrogen and oxygen atoms in total. The van der Waals surface area contributed by atoms with Gasteiger partial charge in [-0.05, 0) is 47.9 Å². The summed E-state index contributed by atoms with van der Waals surface area (Å²) in [4.78, 5) is 0. The first-order chi connectivity index (χ1) is 10.2. The number of fused-ring (bicyclic) bond motifs is 1.